The standard InChI is InChI=1S/C17H24N2O4/c1-13(20)19(12-16-4-3-11-23-16)10-9-18-17(21)14-5-7-15(22-2)8-6-14/h5-8,16H,3-4,9-12H2,1-2H3,(H,18,21). The normalized spacial score (nSPS) is 16.9. The zero-order valence-electron chi connectivity index (χ0n) is 13.7. The monoisotopic (exact) mass is 320 g/mol. The van der Waals surface area contributed by atoms with Gasteiger partial charge in [0.05, 0.1) is 13.2 Å². The average Bonchev–Trinajstić information content (AvgIpc) is 3.06. The minimum atomic E-state index is -0.159. The summed E-state index contributed by atoms with van der Waals surface area (Å²) < 4.78 is 10.6. The van der Waals surface area contributed by atoms with Crippen LogP contribution in [-0.4, -0.2) is 56.2 Å². The van der Waals surface area contributed by atoms with E-state index in [4.69, 9.17) is 9.47 Å². The molecule has 23 heavy (non-hydrogen) atoms. The van der Waals surface area contributed by atoms with Gasteiger partial charge in [0, 0.05) is 38.7 Å². The molecule has 0 aliphatic carbocycles. The van der Waals surface area contributed by atoms with Gasteiger partial charge in [-0.2, -0.15) is 0 Å². The van der Waals surface area contributed by atoms with Crippen molar-refractivity contribution in [2.45, 2.75) is 25.9 Å². The van der Waals surface area contributed by atoms with Gasteiger partial charge in [0.25, 0.3) is 5.91 Å². The van der Waals surface area contributed by atoms with Crippen molar-refractivity contribution < 1.29 is 19.1 Å². The number of rotatable bonds is 7. The fraction of sp³-hybridized carbons (Fsp3) is 0.529. The van der Waals surface area contributed by atoms with Crippen LogP contribution >= 0.6 is 0 Å². The van der Waals surface area contributed by atoms with Crippen LogP contribution in [0.3, 0.4) is 0 Å². The average molecular weight is 320 g/mol. The Hall–Kier alpha value is -2.08. The second-order valence-corrected chi connectivity index (χ2v) is 5.58. The Morgan fingerprint density at radius 3 is 2.65 bits per heavy atom. The van der Waals surface area contributed by atoms with E-state index < -0.39 is 0 Å². The zero-order valence-corrected chi connectivity index (χ0v) is 13.7. The summed E-state index contributed by atoms with van der Waals surface area (Å²) in [6.45, 7) is 3.80. The molecular weight excluding hydrogens is 296 g/mol. The highest BCUT2D eigenvalue weighted by molar-refractivity contribution is 5.94. The van der Waals surface area contributed by atoms with E-state index in [2.05, 4.69) is 5.32 Å². The molecule has 0 saturated carbocycles. The fourth-order valence-corrected chi connectivity index (χ4v) is 2.56. The van der Waals surface area contributed by atoms with Crippen LogP contribution in [0.1, 0.15) is 30.1 Å². The lowest BCUT2D eigenvalue weighted by Gasteiger charge is -2.24. The molecular formula is C17H24N2O4. The van der Waals surface area contributed by atoms with E-state index >= 15 is 0 Å². The van der Waals surface area contributed by atoms with E-state index in [-0.39, 0.29) is 17.9 Å². The van der Waals surface area contributed by atoms with Crippen LogP contribution in [0.15, 0.2) is 24.3 Å². The van der Waals surface area contributed by atoms with Crippen LogP contribution in [-0.2, 0) is 9.53 Å². The van der Waals surface area contributed by atoms with Gasteiger partial charge in [-0.25, -0.2) is 0 Å². The molecule has 1 unspecified atom stereocenters. The van der Waals surface area contributed by atoms with Gasteiger partial charge in [-0.05, 0) is 37.1 Å². The Morgan fingerprint density at radius 1 is 1.35 bits per heavy atom. The number of carbonyl (C=O) groups is 2. The number of nitrogens with zero attached hydrogens (tertiary/aromatic N) is 1. The van der Waals surface area contributed by atoms with E-state index in [0.29, 0.717) is 30.9 Å². The third-order valence-electron chi connectivity index (χ3n) is 3.91. The fourth-order valence-electron chi connectivity index (χ4n) is 2.56. The Balaban J connectivity index is 1.78. The third-order valence-corrected chi connectivity index (χ3v) is 3.91. The predicted molar refractivity (Wildman–Crippen MR) is 86.6 cm³/mol. The maximum absolute atomic E-state index is 12.1. The van der Waals surface area contributed by atoms with Crippen LogP contribution in [0.4, 0.5) is 0 Å². The number of hydrogen-bond donors (Lipinski definition) is 1. The molecule has 1 saturated heterocycles. The van der Waals surface area contributed by atoms with Gasteiger partial charge in [-0.15, -0.1) is 0 Å². The maximum Gasteiger partial charge on any atom is 0.251 e. The summed E-state index contributed by atoms with van der Waals surface area (Å²) in [5, 5.41) is 2.83. The summed E-state index contributed by atoms with van der Waals surface area (Å²) in [5.41, 5.74) is 0.569. The van der Waals surface area contributed by atoms with E-state index in [1.807, 2.05) is 0 Å². The first-order valence-corrected chi connectivity index (χ1v) is 7.89. The van der Waals surface area contributed by atoms with Gasteiger partial charge >= 0.3 is 0 Å². The van der Waals surface area contributed by atoms with Gasteiger partial charge < -0.3 is 19.7 Å². The van der Waals surface area contributed by atoms with Crippen LogP contribution in [0, 0.1) is 0 Å². The molecule has 2 rings (SSSR count). The molecule has 1 aliphatic rings. The SMILES string of the molecule is COc1ccc(C(=O)NCCN(CC2CCCO2)C(C)=O)cc1. The minimum Gasteiger partial charge on any atom is -0.497 e. The summed E-state index contributed by atoms with van der Waals surface area (Å²) in [6, 6.07) is 6.91. The Kier molecular flexibility index (Phi) is 6.40. The van der Waals surface area contributed by atoms with Crippen LogP contribution < -0.4 is 10.1 Å². The molecule has 126 valence electrons. The molecule has 0 radical (unpaired) electrons. The van der Waals surface area contributed by atoms with Crippen molar-refractivity contribution in [1.29, 1.82) is 0 Å². The van der Waals surface area contributed by atoms with E-state index in [1.165, 1.54) is 0 Å². The van der Waals surface area contributed by atoms with Crippen LogP contribution in [0.2, 0.25) is 0 Å². The quantitative estimate of drug-likeness (QED) is 0.826. The zero-order chi connectivity index (χ0) is 16.7. The molecule has 0 aromatic heterocycles. The van der Waals surface area contributed by atoms with Gasteiger partial charge in [-0.3, -0.25) is 9.59 Å². The molecule has 1 aromatic rings. The summed E-state index contributed by atoms with van der Waals surface area (Å²) in [5.74, 6) is 0.549. The van der Waals surface area contributed by atoms with Crippen LogP contribution in [0.25, 0.3) is 0 Å². The number of methoxy groups -OCH3 is 1. The first-order chi connectivity index (χ1) is 11.1. The molecule has 1 aromatic carbocycles. The number of ether oxygens (including phenoxy) is 2. The van der Waals surface area contributed by atoms with E-state index in [1.54, 1.807) is 43.2 Å². The molecule has 1 aliphatic heterocycles. The van der Waals surface area contributed by atoms with Crippen molar-refractivity contribution in [2.75, 3.05) is 33.4 Å². The number of amides is 2. The lowest BCUT2D eigenvalue weighted by atomic mass is 10.2. The summed E-state index contributed by atoms with van der Waals surface area (Å²) >= 11 is 0. The number of benzene rings is 1. The smallest absolute Gasteiger partial charge is 0.251 e. The molecule has 1 N–H and O–H groups in total. The molecule has 0 spiro atoms. The number of carbonyl (C=O) groups excluding carboxylic acids is 2. The van der Waals surface area contributed by atoms with Crippen molar-refractivity contribution >= 4 is 11.8 Å². The first-order valence-electron chi connectivity index (χ1n) is 7.89. The number of nitrogens with one attached hydrogen (secondary N) is 1. The molecule has 0 bridgehead atoms. The summed E-state index contributed by atoms with van der Waals surface area (Å²) in [6.07, 6.45) is 2.16. The lowest BCUT2D eigenvalue weighted by Crippen LogP contribution is -2.41. The number of hydrogen-bond acceptors (Lipinski definition) is 4. The van der Waals surface area contributed by atoms with Gasteiger partial charge in [-0.1, -0.05) is 0 Å². The van der Waals surface area contributed by atoms with Crippen molar-refractivity contribution in [3.05, 3.63) is 29.8 Å². The second-order valence-electron chi connectivity index (χ2n) is 5.58. The molecule has 1 heterocycles. The Labute approximate surface area is 136 Å². The van der Waals surface area contributed by atoms with Crippen molar-refractivity contribution in [3.63, 3.8) is 0 Å². The molecule has 1 fully saturated rings. The molecule has 2 amide bonds. The summed E-state index contributed by atoms with van der Waals surface area (Å²) in [4.78, 5) is 25.5. The topological polar surface area (TPSA) is 67.9 Å². The van der Waals surface area contributed by atoms with E-state index in [0.717, 1.165) is 19.4 Å². The highest BCUT2D eigenvalue weighted by atomic mass is 16.5. The summed E-state index contributed by atoms with van der Waals surface area (Å²) in [7, 11) is 1.58. The first kappa shape index (κ1) is 17.3. The largest absolute Gasteiger partial charge is 0.497 e. The molecule has 1 atom stereocenters. The van der Waals surface area contributed by atoms with Gasteiger partial charge in [0.2, 0.25) is 5.91 Å². The predicted octanol–water partition coefficient (Wildman–Crippen LogP) is 1.45. The van der Waals surface area contributed by atoms with Crippen LogP contribution in [0.5, 0.6) is 5.75 Å². The van der Waals surface area contributed by atoms with Crippen molar-refractivity contribution in [1.82, 2.24) is 10.2 Å². The second kappa shape index (κ2) is 8.53. The Bertz CT molecular complexity index is 524. The van der Waals surface area contributed by atoms with E-state index in [9.17, 15) is 9.59 Å². The van der Waals surface area contributed by atoms with Crippen molar-refractivity contribution in [2.24, 2.45) is 0 Å². The molecule has 6 nitrogen and oxygen atoms in total. The maximum atomic E-state index is 12.1. The highest BCUT2D eigenvalue weighted by Gasteiger charge is 2.20. The highest BCUT2D eigenvalue weighted by Crippen LogP contribution is 2.13. The van der Waals surface area contributed by atoms with Crippen molar-refractivity contribution in [3.8, 4) is 5.75 Å². The van der Waals surface area contributed by atoms with Gasteiger partial charge in [0.1, 0.15) is 5.75 Å². The minimum absolute atomic E-state index is 0.000744. The van der Waals surface area contributed by atoms with Gasteiger partial charge in [0.15, 0.2) is 0 Å². The Morgan fingerprint density at radius 2 is 2.09 bits per heavy atom. The lowest BCUT2D eigenvalue weighted by molar-refractivity contribution is -0.130. The third kappa shape index (κ3) is 5.25. The molecule has 6 heteroatoms.